The number of nitrogens with one attached hydrogen (secondary N) is 2. The molecule has 0 radical (unpaired) electrons. The van der Waals surface area contributed by atoms with Crippen LogP contribution in [0, 0.1) is 11.7 Å². The van der Waals surface area contributed by atoms with Crippen molar-refractivity contribution in [3.8, 4) is 0 Å². The molecule has 0 bridgehead atoms. The predicted molar refractivity (Wildman–Crippen MR) is 115 cm³/mol. The maximum Gasteiger partial charge on any atom is 0.221 e. The molecule has 0 spiro atoms. The van der Waals surface area contributed by atoms with Crippen LogP contribution in [0.2, 0.25) is 5.02 Å². The normalized spacial score (nSPS) is 25.4. The van der Waals surface area contributed by atoms with Gasteiger partial charge in [-0.05, 0) is 29.8 Å². The van der Waals surface area contributed by atoms with Crippen LogP contribution in [0.25, 0.3) is 0 Å². The second-order valence-corrected chi connectivity index (χ2v) is 8.16. The van der Waals surface area contributed by atoms with Gasteiger partial charge in [0.1, 0.15) is 12.0 Å². The fraction of sp³-hybridized carbons (Fsp3) is 0.409. The highest BCUT2D eigenvalue weighted by molar-refractivity contribution is 6.31. The molecule has 158 valence electrons. The van der Waals surface area contributed by atoms with E-state index in [0.29, 0.717) is 31.1 Å². The lowest BCUT2D eigenvalue weighted by molar-refractivity contribution is -0.120. The molecule has 2 aromatic rings. The van der Waals surface area contributed by atoms with Gasteiger partial charge in [0.25, 0.3) is 0 Å². The van der Waals surface area contributed by atoms with Crippen LogP contribution in [-0.2, 0) is 4.79 Å². The number of nitrogens with zero attached hydrogens (tertiary/aromatic N) is 3. The van der Waals surface area contributed by atoms with Crippen LogP contribution in [0.5, 0.6) is 0 Å². The van der Waals surface area contributed by atoms with Crippen molar-refractivity contribution < 1.29 is 9.18 Å². The maximum absolute atomic E-state index is 13.6. The summed E-state index contributed by atoms with van der Waals surface area (Å²) in [6.45, 7) is 4.88. The number of hydrogen-bond acceptors (Lipinski definition) is 5. The van der Waals surface area contributed by atoms with Gasteiger partial charge in [0, 0.05) is 61.5 Å². The van der Waals surface area contributed by atoms with Crippen molar-refractivity contribution in [1.82, 2.24) is 20.5 Å². The lowest BCUT2D eigenvalue weighted by Crippen LogP contribution is -2.44. The minimum absolute atomic E-state index is 0.0415. The number of aliphatic imine (C=N–C) groups is 1. The molecule has 1 saturated heterocycles. The number of hydrogen-bond donors (Lipinski definition) is 2. The van der Waals surface area contributed by atoms with Gasteiger partial charge in [-0.1, -0.05) is 30.7 Å². The summed E-state index contributed by atoms with van der Waals surface area (Å²) in [4.78, 5) is 23.4. The standard InChI is InChI=1S/C22H25ClFN5O/c1-14-19(13-29-10-7-20(30)26-9-11-29)27-22(18-4-2-3-8-25-18)28-21(14)16-6-5-15(24)12-17(16)23/h2-6,8,12,14,21-22,28H,7,9-11,13H2,1H3,(H,26,30). The molecule has 1 aromatic carbocycles. The van der Waals surface area contributed by atoms with Crippen LogP contribution in [-0.4, -0.2) is 47.7 Å². The summed E-state index contributed by atoms with van der Waals surface area (Å²) in [5.41, 5.74) is 2.67. The van der Waals surface area contributed by atoms with E-state index in [4.69, 9.17) is 16.6 Å². The molecule has 8 heteroatoms. The molecular weight excluding hydrogens is 405 g/mol. The van der Waals surface area contributed by atoms with E-state index in [1.165, 1.54) is 12.1 Å². The molecule has 0 aliphatic carbocycles. The van der Waals surface area contributed by atoms with Crippen molar-refractivity contribution >= 4 is 23.2 Å². The number of pyridine rings is 1. The molecule has 2 aliphatic rings. The Balaban J connectivity index is 1.65. The summed E-state index contributed by atoms with van der Waals surface area (Å²) in [7, 11) is 0. The minimum Gasteiger partial charge on any atom is -0.355 e. The summed E-state index contributed by atoms with van der Waals surface area (Å²) in [6, 6.07) is 10.1. The molecule has 6 nitrogen and oxygen atoms in total. The second kappa shape index (κ2) is 9.20. The van der Waals surface area contributed by atoms with E-state index in [-0.39, 0.29) is 29.8 Å². The highest BCUT2D eigenvalue weighted by atomic mass is 35.5. The molecule has 3 atom stereocenters. The third-order valence-electron chi connectivity index (χ3n) is 5.71. The quantitative estimate of drug-likeness (QED) is 0.783. The Bertz CT molecular complexity index is 938. The first-order valence-corrected chi connectivity index (χ1v) is 10.6. The summed E-state index contributed by atoms with van der Waals surface area (Å²) >= 11 is 6.41. The first-order valence-electron chi connectivity index (χ1n) is 10.2. The maximum atomic E-state index is 13.6. The largest absolute Gasteiger partial charge is 0.355 e. The van der Waals surface area contributed by atoms with Gasteiger partial charge in [-0.25, -0.2) is 4.39 Å². The van der Waals surface area contributed by atoms with Crippen LogP contribution in [0.3, 0.4) is 0 Å². The average molecular weight is 430 g/mol. The van der Waals surface area contributed by atoms with Crippen molar-refractivity contribution in [2.75, 3.05) is 26.2 Å². The van der Waals surface area contributed by atoms with Crippen molar-refractivity contribution in [2.24, 2.45) is 10.9 Å². The van der Waals surface area contributed by atoms with Gasteiger partial charge in [0.05, 0.1) is 5.69 Å². The summed E-state index contributed by atoms with van der Waals surface area (Å²) in [5, 5.41) is 6.84. The molecule has 0 saturated carbocycles. The van der Waals surface area contributed by atoms with Crippen molar-refractivity contribution in [2.45, 2.75) is 25.6 Å². The lowest BCUT2D eigenvalue weighted by Gasteiger charge is -2.37. The summed E-state index contributed by atoms with van der Waals surface area (Å²) in [5.74, 6) is -0.232. The van der Waals surface area contributed by atoms with Gasteiger partial charge >= 0.3 is 0 Å². The first-order chi connectivity index (χ1) is 14.5. The Morgan fingerprint density at radius 3 is 2.90 bits per heavy atom. The Morgan fingerprint density at radius 2 is 2.13 bits per heavy atom. The van der Waals surface area contributed by atoms with E-state index < -0.39 is 0 Å². The molecule has 4 rings (SSSR count). The number of carbonyl (C=O) groups excluding carboxylic acids is 1. The highest BCUT2D eigenvalue weighted by Crippen LogP contribution is 2.35. The van der Waals surface area contributed by atoms with E-state index in [0.717, 1.165) is 23.5 Å². The molecule has 3 unspecified atom stereocenters. The number of rotatable bonds is 4. The Morgan fingerprint density at radius 1 is 1.27 bits per heavy atom. The van der Waals surface area contributed by atoms with Gasteiger partial charge in [0.15, 0.2) is 0 Å². The van der Waals surface area contributed by atoms with Crippen LogP contribution < -0.4 is 10.6 Å². The van der Waals surface area contributed by atoms with E-state index >= 15 is 0 Å². The SMILES string of the molecule is CC1C(CN2CCNC(=O)CC2)=NC(c2ccccn2)NC1c1ccc(F)cc1Cl. The Kier molecular flexibility index (Phi) is 6.41. The minimum atomic E-state index is -0.357. The number of aromatic nitrogens is 1. The van der Waals surface area contributed by atoms with Crippen LogP contribution in [0.4, 0.5) is 4.39 Å². The van der Waals surface area contributed by atoms with Gasteiger partial charge in [-0.3, -0.25) is 25.0 Å². The third-order valence-corrected chi connectivity index (χ3v) is 6.04. The van der Waals surface area contributed by atoms with E-state index in [1.807, 2.05) is 18.2 Å². The number of benzene rings is 1. The van der Waals surface area contributed by atoms with Crippen LogP contribution >= 0.6 is 11.6 Å². The van der Waals surface area contributed by atoms with Gasteiger partial charge in [-0.2, -0.15) is 0 Å². The summed E-state index contributed by atoms with van der Waals surface area (Å²) < 4.78 is 13.6. The van der Waals surface area contributed by atoms with Gasteiger partial charge in [0.2, 0.25) is 5.91 Å². The van der Waals surface area contributed by atoms with Crippen molar-refractivity contribution in [1.29, 1.82) is 0 Å². The van der Waals surface area contributed by atoms with Crippen molar-refractivity contribution in [3.63, 3.8) is 0 Å². The molecular formula is C22H25ClFN5O. The predicted octanol–water partition coefficient (Wildman–Crippen LogP) is 3.12. The van der Waals surface area contributed by atoms with Crippen LogP contribution in [0.15, 0.2) is 47.6 Å². The monoisotopic (exact) mass is 429 g/mol. The third kappa shape index (κ3) is 4.69. The van der Waals surface area contributed by atoms with Crippen LogP contribution in [0.1, 0.15) is 36.8 Å². The molecule has 30 heavy (non-hydrogen) atoms. The highest BCUT2D eigenvalue weighted by Gasteiger charge is 2.34. The zero-order chi connectivity index (χ0) is 21.1. The van der Waals surface area contributed by atoms with Crippen molar-refractivity contribution in [3.05, 3.63) is 64.7 Å². The van der Waals surface area contributed by atoms with E-state index in [9.17, 15) is 9.18 Å². The average Bonchev–Trinajstić information content (AvgIpc) is 2.94. The van der Waals surface area contributed by atoms with E-state index in [2.05, 4.69) is 27.4 Å². The summed E-state index contributed by atoms with van der Waals surface area (Å²) in [6.07, 6.45) is 1.91. The molecule has 2 aliphatic heterocycles. The second-order valence-electron chi connectivity index (χ2n) is 7.75. The molecule has 1 aromatic heterocycles. The Labute approximate surface area is 180 Å². The Hall–Kier alpha value is -2.35. The van der Waals surface area contributed by atoms with E-state index in [1.54, 1.807) is 12.3 Å². The molecule has 3 heterocycles. The number of carbonyl (C=O) groups is 1. The zero-order valence-corrected chi connectivity index (χ0v) is 17.6. The zero-order valence-electron chi connectivity index (χ0n) is 16.8. The molecule has 1 fully saturated rings. The molecule has 1 amide bonds. The lowest BCUT2D eigenvalue weighted by atomic mass is 9.87. The fourth-order valence-electron chi connectivity index (χ4n) is 4.01. The van der Waals surface area contributed by atoms with Gasteiger partial charge < -0.3 is 5.32 Å². The molecule has 2 N–H and O–H groups in total. The fourth-order valence-corrected chi connectivity index (χ4v) is 4.30. The number of halogens is 2. The topological polar surface area (TPSA) is 69.6 Å². The smallest absolute Gasteiger partial charge is 0.221 e. The first kappa shape index (κ1) is 20.9. The number of amides is 1. The van der Waals surface area contributed by atoms with Gasteiger partial charge in [-0.15, -0.1) is 0 Å².